The first-order valence-corrected chi connectivity index (χ1v) is 4.19. The summed E-state index contributed by atoms with van der Waals surface area (Å²) in [6.07, 6.45) is 3.53. The average Bonchev–Trinajstić information content (AvgIpc) is 2.07. The van der Waals surface area contributed by atoms with E-state index in [1.165, 1.54) is 12.8 Å². The van der Waals surface area contributed by atoms with Crippen LogP contribution in [-0.4, -0.2) is 26.2 Å². The summed E-state index contributed by atoms with van der Waals surface area (Å²) in [4.78, 5) is 9.81. The first-order valence-electron chi connectivity index (χ1n) is 4.19. The SMILES string of the molecule is O=COCCC1CCCNC1. The molecule has 1 rings (SSSR count). The highest BCUT2D eigenvalue weighted by Gasteiger charge is 2.11. The molecular formula is C8H15NO2. The predicted octanol–water partition coefficient (Wildman–Crippen LogP) is 0.549. The summed E-state index contributed by atoms with van der Waals surface area (Å²) in [5.41, 5.74) is 0. The van der Waals surface area contributed by atoms with E-state index < -0.39 is 0 Å². The predicted molar refractivity (Wildman–Crippen MR) is 42.2 cm³/mol. The highest BCUT2D eigenvalue weighted by Crippen LogP contribution is 2.13. The van der Waals surface area contributed by atoms with E-state index in [4.69, 9.17) is 0 Å². The molecule has 1 N–H and O–H groups in total. The molecule has 11 heavy (non-hydrogen) atoms. The Bertz CT molecular complexity index is 111. The Kier molecular flexibility index (Phi) is 3.98. The molecule has 1 saturated heterocycles. The van der Waals surface area contributed by atoms with Crippen molar-refractivity contribution in [2.75, 3.05) is 19.7 Å². The van der Waals surface area contributed by atoms with Crippen molar-refractivity contribution in [1.29, 1.82) is 0 Å². The molecule has 0 radical (unpaired) electrons. The number of piperidine rings is 1. The van der Waals surface area contributed by atoms with Gasteiger partial charge in [-0.2, -0.15) is 0 Å². The second-order valence-electron chi connectivity index (χ2n) is 2.97. The molecule has 3 nitrogen and oxygen atoms in total. The standard InChI is InChI=1S/C8H15NO2/c10-7-11-5-3-8-2-1-4-9-6-8/h7-9H,1-6H2. The minimum absolute atomic E-state index is 0.524. The fourth-order valence-corrected chi connectivity index (χ4v) is 1.45. The van der Waals surface area contributed by atoms with Gasteiger partial charge in [-0.05, 0) is 38.3 Å². The van der Waals surface area contributed by atoms with Crippen molar-refractivity contribution in [2.45, 2.75) is 19.3 Å². The first-order chi connectivity index (χ1) is 5.43. The van der Waals surface area contributed by atoms with Gasteiger partial charge in [0, 0.05) is 0 Å². The number of carbonyl (C=O) groups excluding carboxylic acids is 1. The smallest absolute Gasteiger partial charge is 0.293 e. The zero-order valence-corrected chi connectivity index (χ0v) is 6.71. The third kappa shape index (κ3) is 3.37. The van der Waals surface area contributed by atoms with Gasteiger partial charge in [-0.25, -0.2) is 0 Å². The largest absolute Gasteiger partial charge is 0.468 e. The Hall–Kier alpha value is -0.570. The second kappa shape index (κ2) is 5.13. The molecule has 1 heterocycles. The number of carbonyl (C=O) groups is 1. The van der Waals surface area contributed by atoms with Gasteiger partial charge in [0.2, 0.25) is 0 Å². The fraction of sp³-hybridized carbons (Fsp3) is 0.875. The molecule has 0 spiro atoms. The van der Waals surface area contributed by atoms with Crippen LogP contribution in [-0.2, 0) is 9.53 Å². The summed E-state index contributed by atoms with van der Waals surface area (Å²) in [6.45, 7) is 3.33. The van der Waals surface area contributed by atoms with Crippen LogP contribution in [0.15, 0.2) is 0 Å². The first kappa shape index (κ1) is 8.53. The molecule has 0 aromatic rings. The van der Waals surface area contributed by atoms with Crippen LogP contribution in [0.2, 0.25) is 0 Å². The van der Waals surface area contributed by atoms with E-state index in [0.717, 1.165) is 19.5 Å². The van der Waals surface area contributed by atoms with Gasteiger partial charge in [-0.1, -0.05) is 0 Å². The van der Waals surface area contributed by atoms with Crippen LogP contribution in [0.3, 0.4) is 0 Å². The van der Waals surface area contributed by atoms with Crippen molar-refractivity contribution >= 4 is 6.47 Å². The van der Waals surface area contributed by atoms with E-state index in [1.807, 2.05) is 0 Å². The van der Waals surface area contributed by atoms with Crippen LogP contribution >= 0.6 is 0 Å². The molecule has 1 aliphatic rings. The average molecular weight is 157 g/mol. The summed E-state index contributed by atoms with van der Waals surface area (Å²) in [5, 5.41) is 3.32. The van der Waals surface area contributed by atoms with E-state index in [0.29, 0.717) is 19.0 Å². The second-order valence-corrected chi connectivity index (χ2v) is 2.97. The molecule has 0 aromatic carbocycles. The molecule has 1 unspecified atom stereocenters. The van der Waals surface area contributed by atoms with Crippen LogP contribution in [0.4, 0.5) is 0 Å². The lowest BCUT2D eigenvalue weighted by atomic mass is 9.97. The van der Waals surface area contributed by atoms with Gasteiger partial charge in [0.15, 0.2) is 0 Å². The lowest BCUT2D eigenvalue weighted by molar-refractivity contribution is -0.129. The number of rotatable bonds is 4. The van der Waals surface area contributed by atoms with Crippen LogP contribution in [0, 0.1) is 5.92 Å². The third-order valence-electron chi connectivity index (χ3n) is 2.11. The zero-order valence-electron chi connectivity index (χ0n) is 6.71. The summed E-state index contributed by atoms with van der Waals surface area (Å²) >= 11 is 0. The van der Waals surface area contributed by atoms with Crippen molar-refractivity contribution in [3.05, 3.63) is 0 Å². The van der Waals surface area contributed by atoms with Gasteiger partial charge in [0.25, 0.3) is 6.47 Å². The molecular weight excluding hydrogens is 142 g/mol. The van der Waals surface area contributed by atoms with Crippen molar-refractivity contribution in [3.8, 4) is 0 Å². The van der Waals surface area contributed by atoms with Crippen molar-refractivity contribution < 1.29 is 9.53 Å². The molecule has 0 aliphatic carbocycles. The monoisotopic (exact) mass is 157 g/mol. The van der Waals surface area contributed by atoms with Crippen LogP contribution in [0.25, 0.3) is 0 Å². The highest BCUT2D eigenvalue weighted by molar-refractivity contribution is 5.36. The highest BCUT2D eigenvalue weighted by atomic mass is 16.5. The van der Waals surface area contributed by atoms with Gasteiger partial charge in [-0.3, -0.25) is 4.79 Å². The van der Waals surface area contributed by atoms with Crippen LogP contribution in [0.1, 0.15) is 19.3 Å². The Morgan fingerprint density at radius 3 is 3.18 bits per heavy atom. The summed E-state index contributed by atoms with van der Waals surface area (Å²) in [5.74, 6) is 0.712. The number of hydrogen-bond donors (Lipinski definition) is 1. The van der Waals surface area contributed by atoms with Gasteiger partial charge >= 0.3 is 0 Å². The van der Waals surface area contributed by atoms with Crippen molar-refractivity contribution in [2.24, 2.45) is 5.92 Å². The van der Waals surface area contributed by atoms with Crippen molar-refractivity contribution in [3.63, 3.8) is 0 Å². The van der Waals surface area contributed by atoms with E-state index in [-0.39, 0.29) is 0 Å². The Labute approximate surface area is 67.1 Å². The molecule has 1 atom stereocenters. The van der Waals surface area contributed by atoms with Gasteiger partial charge < -0.3 is 10.1 Å². The Morgan fingerprint density at radius 2 is 2.55 bits per heavy atom. The maximum absolute atomic E-state index is 9.81. The number of ether oxygens (including phenoxy) is 1. The summed E-state index contributed by atoms with van der Waals surface area (Å²) in [7, 11) is 0. The zero-order chi connectivity index (χ0) is 7.94. The summed E-state index contributed by atoms with van der Waals surface area (Å²) in [6, 6.07) is 0. The molecule has 0 saturated carbocycles. The molecule has 0 amide bonds. The molecule has 64 valence electrons. The lowest BCUT2D eigenvalue weighted by Crippen LogP contribution is -2.30. The fourth-order valence-electron chi connectivity index (χ4n) is 1.45. The van der Waals surface area contributed by atoms with E-state index in [9.17, 15) is 4.79 Å². The maximum Gasteiger partial charge on any atom is 0.293 e. The molecule has 0 aromatic heterocycles. The maximum atomic E-state index is 9.81. The van der Waals surface area contributed by atoms with Gasteiger partial charge in [0.1, 0.15) is 0 Å². The summed E-state index contributed by atoms with van der Waals surface area (Å²) < 4.78 is 4.63. The van der Waals surface area contributed by atoms with E-state index in [2.05, 4.69) is 10.1 Å². The van der Waals surface area contributed by atoms with E-state index in [1.54, 1.807) is 0 Å². The quantitative estimate of drug-likeness (QED) is 0.478. The van der Waals surface area contributed by atoms with E-state index >= 15 is 0 Å². The van der Waals surface area contributed by atoms with Gasteiger partial charge in [0.05, 0.1) is 6.61 Å². The Balaban J connectivity index is 2.00. The molecule has 1 fully saturated rings. The van der Waals surface area contributed by atoms with Gasteiger partial charge in [-0.15, -0.1) is 0 Å². The Morgan fingerprint density at radius 1 is 1.64 bits per heavy atom. The molecule has 3 heteroatoms. The van der Waals surface area contributed by atoms with Crippen LogP contribution < -0.4 is 5.32 Å². The minimum atomic E-state index is 0.524. The minimum Gasteiger partial charge on any atom is -0.468 e. The normalized spacial score (nSPS) is 24.5. The number of nitrogens with one attached hydrogen (secondary N) is 1. The topological polar surface area (TPSA) is 38.3 Å². The lowest BCUT2D eigenvalue weighted by Gasteiger charge is -2.21. The van der Waals surface area contributed by atoms with Crippen LogP contribution in [0.5, 0.6) is 0 Å². The van der Waals surface area contributed by atoms with Crippen molar-refractivity contribution in [1.82, 2.24) is 5.32 Å². The third-order valence-corrected chi connectivity index (χ3v) is 2.11. The molecule has 0 bridgehead atoms. The molecule has 1 aliphatic heterocycles. The number of hydrogen-bond acceptors (Lipinski definition) is 3.